The van der Waals surface area contributed by atoms with Gasteiger partial charge < -0.3 is 5.11 Å². The molecular formula is C16H15ClO. The fourth-order valence-electron chi connectivity index (χ4n) is 2.90. The van der Waals surface area contributed by atoms with Crippen LogP contribution in [0.25, 0.3) is 0 Å². The van der Waals surface area contributed by atoms with Gasteiger partial charge in [0.1, 0.15) is 0 Å². The van der Waals surface area contributed by atoms with Crippen LogP contribution in [0.15, 0.2) is 54.6 Å². The van der Waals surface area contributed by atoms with Crippen LogP contribution in [0.1, 0.15) is 23.0 Å². The van der Waals surface area contributed by atoms with Gasteiger partial charge in [0.25, 0.3) is 0 Å². The van der Waals surface area contributed by atoms with E-state index in [0.717, 1.165) is 10.6 Å². The second-order valence-electron chi connectivity index (χ2n) is 4.83. The van der Waals surface area contributed by atoms with Crippen LogP contribution in [0.3, 0.4) is 0 Å². The van der Waals surface area contributed by atoms with E-state index in [1.165, 1.54) is 5.56 Å². The molecule has 0 heterocycles. The molecule has 2 aromatic rings. The molecule has 2 heteroatoms. The van der Waals surface area contributed by atoms with Crippen LogP contribution in [-0.2, 0) is 0 Å². The first kappa shape index (κ1) is 11.8. The van der Waals surface area contributed by atoms with Gasteiger partial charge in [-0.2, -0.15) is 0 Å². The van der Waals surface area contributed by atoms with Gasteiger partial charge in [-0.3, -0.25) is 0 Å². The molecule has 0 spiro atoms. The number of benzene rings is 2. The topological polar surface area (TPSA) is 20.2 Å². The van der Waals surface area contributed by atoms with Crippen LogP contribution in [0.2, 0.25) is 5.02 Å². The Morgan fingerprint density at radius 2 is 1.56 bits per heavy atom. The summed E-state index contributed by atoms with van der Waals surface area (Å²) in [5.41, 5.74) is 2.45. The van der Waals surface area contributed by atoms with Gasteiger partial charge in [0.2, 0.25) is 0 Å². The zero-order valence-electron chi connectivity index (χ0n) is 9.96. The Balaban J connectivity index is 1.93. The molecular weight excluding hydrogens is 244 g/mol. The van der Waals surface area contributed by atoms with Gasteiger partial charge >= 0.3 is 0 Å². The van der Waals surface area contributed by atoms with Crippen LogP contribution >= 0.6 is 11.6 Å². The third-order valence-electron chi connectivity index (χ3n) is 3.83. The largest absolute Gasteiger partial charge is 0.396 e. The van der Waals surface area contributed by atoms with Gasteiger partial charge in [-0.05, 0) is 34.9 Å². The molecule has 18 heavy (non-hydrogen) atoms. The average molecular weight is 259 g/mol. The van der Waals surface area contributed by atoms with Crippen LogP contribution in [0.4, 0.5) is 0 Å². The quantitative estimate of drug-likeness (QED) is 0.887. The lowest BCUT2D eigenvalue weighted by Gasteiger charge is -2.03. The Morgan fingerprint density at radius 1 is 0.889 bits per heavy atom. The second-order valence-corrected chi connectivity index (χ2v) is 5.24. The maximum atomic E-state index is 9.52. The Morgan fingerprint density at radius 3 is 2.22 bits per heavy atom. The Bertz CT molecular complexity index is 538. The SMILES string of the molecule is OC[C@@H]1[C@@H](c2ccccc2Cl)[C@H]1c1ccccc1. The lowest BCUT2D eigenvalue weighted by molar-refractivity contribution is 0.271. The van der Waals surface area contributed by atoms with Crippen molar-refractivity contribution in [1.82, 2.24) is 0 Å². The van der Waals surface area contributed by atoms with Crippen molar-refractivity contribution in [3.63, 3.8) is 0 Å². The van der Waals surface area contributed by atoms with E-state index >= 15 is 0 Å². The smallest absolute Gasteiger partial charge is 0.0471 e. The normalized spacial score (nSPS) is 26.0. The van der Waals surface area contributed by atoms with Crippen molar-refractivity contribution in [1.29, 1.82) is 0 Å². The summed E-state index contributed by atoms with van der Waals surface area (Å²) in [6, 6.07) is 18.3. The zero-order chi connectivity index (χ0) is 12.5. The summed E-state index contributed by atoms with van der Waals surface area (Å²) in [5, 5.41) is 10.3. The number of hydrogen-bond donors (Lipinski definition) is 1. The van der Waals surface area contributed by atoms with Gasteiger partial charge in [0, 0.05) is 11.6 Å². The Hall–Kier alpha value is -1.31. The first-order chi connectivity index (χ1) is 8.83. The highest BCUT2D eigenvalue weighted by molar-refractivity contribution is 6.31. The molecule has 0 aliphatic heterocycles. The Kier molecular flexibility index (Phi) is 3.11. The van der Waals surface area contributed by atoms with E-state index in [1.807, 2.05) is 36.4 Å². The standard InChI is InChI=1S/C16H15ClO/c17-14-9-5-4-8-12(14)16-13(10-18)15(16)11-6-2-1-3-7-11/h1-9,13,15-16,18H,10H2/t13-,15-,16+/m0/s1. The minimum absolute atomic E-state index is 0.218. The average Bonchev–Trinajstić information content (AvgIpc) is 3.14. The van der Waals surface area contributed by atoms with Gasteiger partial charge in [-0.15, -0.1) is 0 Å². The maximum Gasteiger partial charge on any atom is 0.0471 e. The molecule has 2 aromatic carbocycles. The minimum atomic E-state index is 0.218. The van der Waals surface area contributed by atoms with Gasteiger partial charge in [0.15, 0.2) is 0 Å². The van der Waals surface area contributed by atoms with E-state index in [4.69, 9.17) is 11.6 Å². The number of aliphatic hydroxyl groups is 1. The zero-order valence-corrected chi connectivity index (χ0v) is 10.7. The van der Waals surface area contributed by atoms with E-state index in [2.05, 4.69) is 18.2 Å². The third-order valence-corrected chi connectivity index (χ3v) is 4.17. The van der Waals surface area contributed by atoms with Gasteiger partial charge in [0.05, 0.1) is 0 Å². The first-order valence-corrected chi connectivity index (χ1v) is 6.61. The molecule has 1 nitrogen and oxygen atoms in total. The Labute approximate surface area is 112 Å². The molecule has 0 aromatic heterocycles. The third kappa shape index (κ3) is 1.94. The highest BCUT2D eigenvalue weighted by Crippen LogP contribution is 2.61. The predicted molar refractivity (Wildman–Crippen MR) is 74.0 cm³/mol. The van der Waals surface area contributed by atoms with E-state index in [-0.39, 0.29) is 6.61 Å². The van der Waals surface area contributed by atoms with Crippen molar-refractivity contribution >= 4 is 11.6 Å². The molecule has 1 aliphatic rings. The van der Waals surface area contributed by atoms with E-state index < -0.39 is 0 Å². The molecule has 92 valence electrons. The van der Waals surface area contributed by atoms with E-state index in [0.29, 0.717) is 17.8 Å². The molecule has 0 unspecified atom stereocenters. The van der Waals surface area contributed by atoms with Crippen molar-refractivity contribution in [3.8, 4) is 0 Å². The molecule has 1 saturated carbocycles. The summed E-state index contributed by atoms with van der Waals surface area (Å²) in [5.74, 6) is 1.05. The van der Waals surface area contributed by atoms with Crippen molar-refractivity contribution < 1.29 is 5.11 Å². The summed E-state index contributed by atoms with van der Waals surface area (Å²) < 4.78 is 0. The summed E-state index contributed by atoms with van der Waals surface area (Å²) in [6.45, 7) is 0.218. The van der Waals surface area contributed by atoms with Crippen LogP contribution < -0.4 is 0 Å². The van der Waals surface area contributed by atoms with E-state index in [1.54, 1.807) is 0 Å². The molecule has 1 aliphatic carbocycles. The van der Waals surface area contributed by atoms with Crippen LogP contribution in [0.5, 0.6) is 0 Å². The molecule has 3 atom stereocenters. The summed E-state index contributed by atoms with van der Waals surface area (Å²) in [6.07, 6.45) is 0. The number of halogens is 1. The number of rotatable bonds is 3. The minimum Gasteiger partial charge on any atom is -0.396 e. The number of aliphatic hydroxyl groups excluding tert-OH is 1. The lowest BCUT2D eigenvalue weighted by Crippen LogP contribution is -1.89. The monoisotopic (exact) mass is 258 g/mol. The highest BCUT2D eigenvalue weighted by Gasteiger charge is 2.51. The predicted octanol–water partition coefficient (Wildman–Crippen LogP) is 3.83. The molecule has 1 N–H and O–H groups in total. The van der Waals surface area contributed by atoms with Crippen molar-refractivity contribution in [3.05, 3.63) is 70.7 Å². The maximum absolute atomic E-state index is 9.52. The lowest BCUT2D eigenvalue weighted by atomic mass is 10.0. The van der Waals surface area contributed by atoms with E-state index in [9.17, 15) is 5.11 Å². The molecule has 0 amide bonds. The van der Waals surface area contributed by atoms with Crippen LogP contribution in [0, 0.1) is 5.92 Å². The molecule has 0 saturated heterocycles. The molecule has 0 bridgehead atoms. The molecule has 1 fully saturated rings. The molecule has 3 rings (SSSR count). The fraction of sp³-hybridized carbons (Fsp3) is 0.250. The van der Waals surface area contributed by atoms with Crippen LogP contribution in [-0.4, -0.2) is 11.7 Å². The van der Waals surface area contributed by atoms with Crippen molar-refractivity contribution in [2.24, 2.45) is 5.92 Å². The second kappa shape index (κ2) is 4.75. The van der Waals surface area contributed by atoms with Gasteiger partial charge in [-0.25, -0.2) is 0 Å². The summed E-state index contributed by atoms with van der Waals surface area (Å²) in [7, 11) is 0. The molecule has 0 radical (unpaired) electrons. The fourth-order valence-corrected chi connectivity index (χ4v) is 3.16. The number of hydrogen-bond acceptors (Lipinski definition) is 1. The van der Waals surface area contributed by atoms with Gasteiger partial charge in [-0.1, -0.05) is 60.1 Å². The summed E-state index contributed by atoms with van der Waals surface area (Å²) >= 11 is 6.25. The highest BCUT2D eigenvalue weighted by atomic mass is 35.5. The summed E-state index contributed by atoms with van der Waals surface area (Å²) in [4.78, 5) is 0. The first-order valence-electron chi connectivity index (χ1n) is 6.23. The van der Waals surface area contributed by atoms with Crippen molar-refractivity contribution in [2.75, 3.05) is 6.61 Å². The van der Waals surface area contributed by atoms with Crippen molar-refractivity contribution in [2.45, 2.75) is 11.8 Å².